The highest BCUT2D eigenvalue weighted by Crippen LogP contribution is 1.90. The first kappa shape index (κ1) is 13.7. The summed E-state index contributed by atoms with van der Waals surface area (Å²) in [6, 6.07) is -0.403. The van der Waals surface area contributed by atoms with Gasteiger partial charge in [0, 0.05) is 13.7 Å². The minimum atomic E-state index is -0.931. The molecule has 88 valence electrons. The monoisotopic (exact) mass is 218 g/mol. The van der Waals surface area contributed by atoms with Crippen molar-refractivity contribution < 1.29 is 19.4 Å². The van der Waals surface area contributed by atoms with Gasteiger partial charge in [-0.2, -0.15) is 0 Å². The van der Waals surface area contributed by atoms with Crippen molar-refractivity contribution in [3.63, 3.8) is 0 Å². The minimum absolute atomic E-state index is 0.0418. The van der Waals surface area contributed by atoms with Crippen LogP contribution >= 0.6 is 0 Å². The number of hydrogen-bond donors (Lipinski definition) is 3. The largest absolute Gasteiger partial charge is 0.481 e. The van der Waals surface area contributed by atoms with Crippen LogP contribution in [0.5, 0.6) is 0 Å². The van der Waals surface area contributed by atoms with E-state index in [4.69, 9.17) is 9.84 Å². The molecule has 1 atom stereocenters. The van der Waals surface area contributed by atoms with Gasteiger partial charge in [0.05, 0.1) is 19.1 Å². The second-order valence-corrected chi connectivity index (χ2v) is 3.10. The molecule has 0 fully saturated rings. The van der Waals surface area contributed by atoms with Gasteiger partial charge in [0.25, 0.3) is 0 Å². The fraction of sp³-hybridized carbons (Fsp3) is 0.778. The number of aliphatic carboxylic acids is 1. The number of carbonyl (C=O) groups excluding carboxylic acids is 1. The Hall–Kier alpha value is -1.30. The van der Waals surface area contributed by atoms with Crippen LogP contribution in [0.4, 0.5) is 4.79 Å². The van der Waals surface area contributed by atoms with Crippen LogP contribution < -0.4 is 10.6 Å². The molecular weight excluding hydrogens is 200 g/mol. The minimum Gasteiger partial charge on any atom is -0.481 e. The lowest BCUT2D eigenvalue weighted by Crippen LogP contribution is -2.44. The number of rotatable bonds is 7. The summed E-state index contributed by atoms with van der Waals surface area (Å²) in [4.78, 5) is 21.4. The van der Waals surface area contributed by atoms with Gasteiger partial charge in [0.2, 0.25) is 0 Å². The summed E-state index contributed by atoms with van der Waals surface area (Å²) in [7, 11) is 1.56. The van der Waals surface area contributed by atoms with E-state index in [2.05, 4.69) is 10.6 Å². The lowest BCUT2D eigenvalue weighted by Gasteiger charge is -2.16. The molecule has 6 heteroatoms. The Morgan fingerprint density at radius 2 is 2.13 bits per heavy atom. The molecule has 0 radical (unpaired) electrons. The van der Waals surface area contributed by atoms with Crippen LogP contribution in [0.3, 0.4) is 0 Å². The molecule has 15 heavy (non-hydrogen) atoms. The van der Waals surface area contributed by atoms with Gasteiger partial charge in [-0.05, 0) is 6.42 Å². The molecule has 3 N–H and O–H groups in total. The van der Waals surface area contributed by atoms with Crippen molar-refractivity contribution in [1.29, 1.82) is 0 Å². The first-order valence-electron chi connectivity index (χ1n) is 4.85. The van der Waals surface area contributed by atoms with Gasteiger partial charge in [-0.3, -0.25) is 4.79 Å². The average molecular weight is 218 g/mol. The van der Waals surface area contributed by atoms with Crippen LogP contribution in [0, 0.1) is 0 Å². The highest BCUT2D eigenvalue weighted by Gasteiger charge is 2.09. The number of carbonyl (C=O) groups is 2. The third-order valence-corrected chi connectivity index (χ3v) is 1.82. The van der Waals surface area contributed by atoms with Crippen molar-refractivity contribution in [2.75, 3.05) is 20.3 Å². The number of ether oxygens (including phenoxy) is 1. The fourth-order valence-electron chi connectivity index (χ4n) is 0.982. The molecular formula is C9H18N2O4. The molecule has 2 amide bonds. The Morgan fingerprint density at radius 3 is 2.60 bits per heavy atom. The van der Waals surface area contributed by atoms with Gasteiger partial charge in [-0.1, -0.05) is 6.92 Å². The van der Waals surface area contributed by atoms with Crippen molar-refractivity contribution >= 4 is 12.0 Å². The van der Waals surface area contributed by atoms with Crippen molar-refractivity contribution in [3.8, 4) is 0 Å². The standard InChI is InChI=1S/C9H18N2O4/c1-3-7(6-15-2)11-9(14)10-5-4-8(12)13/h7H,3-6H2,1-2H3,(H,12,13)(H2,10,11,14). The zero-order valence-corrected chi connectivity index (χ0v) is 9.08. The Balaban J connectivity index is 3.66. The summed E-state index contributed by atoms with van der Waals surface area (Å²) in [5, 5.41) is 13.5. The molecule has 0 bridgehead atoms. The summed E-state index contributed by atoms with van der Waals surface area (Å²) in [5.74, 6) is -0.931. The third-order valence-electron chi connectivity index (χ3n) is 1.82. The molecule has 0 heterocycles. The maximum absolute atomic E-state index is 11.2. The smallest absolute Gasteiger partial charge is 0.315 e. The third kappa shape index (κ3) is 7.75. The predicted octanol–water partition coefficient (Wildman–Crippen LogP) is 0.185. The number of methoxy groups -OCH3 is 1. The summed E-state index contributed by atoms with van der Waals surface area (Å²) in [6.45, 7) is 2.51. The van der Waals surface area contributed by atoms with Crippen LogP contribution in [-0.2, 0) is 9.53 Å². The van der Waals surface area contributed by atoms with Crippen LogP contribution in [0.2, 0.25) is 0 Å². The molecule has 0 spiro atoms. The molecule has 0 aliphatic rings. The topological polar surface area (TPSA) is 87.7 Å². The van der Waals surface area contributed by atoms with Gasteiger partial charge in [-0.15, -0.1) is 0 Å². The first-order valence-corrected chi connectivity index (χ1v) is 4.85. The van der Waals surface area contributed by atoms with Crippen LogP contribution in [-0.4, -0.2) is 43.4 Å². The quantitative estimate of drug-likeness (QED) is 0.569. The van der Waals surface area contributed by atoms with Crippen LogP contribution in [0.15, 0.2) is 0 Å². The van der Waals surface area contributed by atoms with E-state index >= 15 is 0 Å². The van der Waals surface area contributed by atoms with E-state index in [9.17, 15) is 9.59 Å². The molecule has 0 aromatic heterocycles. The van der Waals surface area contributed by atoms with E-state index in [0.717, 1.165) is 6.42 Å². The maximum Gasteiger partial charge on any atom is 0.315 e. The fourth-order valence-corrected chi connectivity index (χ4v) is 0.982. The number of amides is 2. The van der Waals surface area contributed by atoms with Gasteiger partial charge in [0.1, 0.15) is 0 Å². The highest BCUT2D eigenvalue weighted by atomic mass is 16.5. The second-order valence-electron chi connectivity index (χ2n) is 3.10. The summed E-state index contributed by atoms with van der Waals surface area (Å²) in [5.41, 5.74) is 0. The number of carboxylic acid groups (broad SMARTS) is 1. The van der Waals surface area contributed by atoms with Gasteiger partial charge >= 0.3 is 12.0 Å². The normalized spacial score (nSPS) is 11.9. The van der Waals surface area contributed by atoms with Crippen molar-refractivity contribution in [2.24, 2.45) is 0 Å². The van der Waals surface area contributed by atoms with Crippen molar-refractivity contribution in [1.82, 2.24) is 10.6 Å². The van der Waals surface area contributed by atoms with Crippen molar-refractivity contribution in [2.45, 2.75) is 25.8 Å². The zero-order valence-electron chi connectivity index (χ0n) is 9.08. The number of urea groups is 1. The Labute approximate surface area is 89.0 Å². The molecule has 0 aromatic carbocycles. The van der Waals surface area contributed by atoms with E-state index in [1.807, 2.05) is 6.92 Å². The number of hydrogen-bond acceptors (Lipinski definition) is 3. The molecule has 0 saturated heterocycles. The van der Waals surface area contributed by atoms with Gasteiger partial charge in [0.15, 0.2) is 0 Å². The average Bonchev–Trinajstić information content (AvgIpc) is 2.16. The second kappa shape index (κ2) is 8.05. The van der Waals surface area contributed by atoms with Crippen molar-refractivity contribution in [3.05, 3.63) is 0 Å². The van der Waals surface area contributed by atoms with Gasteiger partial charge in [-0.25, -0.2) is 4.79 Å². The zero-order chi connectivity index (χ0) is 11.7. The number of carboxylic acids is 1. The van der Waals surface area contributed by atoms with Gasteiger partial charge < -0.3 is 20.5 Å². The Kier molecular flexibility index (Phi) is 7.35. The summed E-state index contributed by atoms with van der Waals surface area (Å²) < 4.78 is 4.90. The maximum atomic E-state index is 11.2. The molecule has 0 aromatic rings. The SMILES string of the molecule is CCC(COC)NC(=O)NCCC(=O)O. The Bertz CT molecular complexity index is 208. The van der Waals surface area contributed by atoms with E-state index in [1.165, 1.54) is 0 Å². The van der Waals surface area contributed by atoms with Crippen LogP contribution in [0.1, 0.15) is 19.8 Å². The highest BCUT2D eigenvalue weighted by molar-refractivity contribution is 5.75. The Morgan fingerprint density at radius 1 is 1.47 bits per heavy atom. The van der Waals surface area contributed by atoms with E-state index in [1.54, 1.807) is 7.11 Å². The van der Waals surface area contributed by atoms with E-state index < -0.39 is 5.97 Å². The molecule has 0 rings (SSSR count). The number of nitrogens with one attached hydrogen (secondary N) is 2. The predicted molar refractivity (Wildman–Crippen MR) is 54.7 cm³/mol. The molecule has 6 nitrogen and oxygen atoms in total. The molecule has 0 saturated carbocycles. The first-order chi connectivity index (χ1) is 7.10. The lowest BCUT2D eigenvalue weighted by molar-refractivity contribution is -0.136. The molecule has 0 aliphatic carbocycles. The van der Waals surface area contributed by atoms with E-state index in [0.29, 0.717) is 6.61 Å². The summed E-state index contributed by atoms with van der Waals surface area (Å²) >= 11 is 0. The van der Waals surface area contributed by atoms with E-state index in [-0.39, 0.29) is 25.0 Å². The molecule has 0 aliphatic heterocycles. The van der Waals surface area contributed by atoms with Crippen LogP contribution in [0.25, 0.3) is 0 Å². The summed E-state index contributed by atoms with van der Waals surface area (Å²) in [6.07, 6.45) is 0.689. The lowest BCUT2D eigenvalue weighted by atomic mass is 10.2. The molecule has 1 unspecified atom stereocenters.